The average Bonchev–Trinajstić information content (AvgIpc) is 2.89. The Hall–Kier alpha value is -2.14. The van der Waals surface area contributed by atoms with E-state index in [1.54, 1.807) is 24.8 Å². The van der Waals surface area contributed by atoms with Crippen molar-refractivity contribution in [3.63, 3.8) is 0 Å². The Morgan fingerprint density at radius 3 is 3.11 bits per heavy atom. The standard InChI is InChI=1S/C13H12N2O2S/c1-17-11-4-2-3-10(9-11)5-6-12(16)15-13-14-7-8-18-13/h2-9H,1H3,(H,14,15,16)/b6-5+. The topological polar surface area (TPSA) is 51.2 Å². The molecular formula is C13H12N2O2S. The van der Waals surface area contributed by atoms with E-state index in [0.29, 0.717) is 5.13 Å². The summed E-state index contributed by atoms with van der Waals surface area (Å²) in [5.41, 5.74) is 0.906. The van der Waals surface area contributed by atoms with E-state index in [2.05, 4.69) is 10.3 Å². The lowest BCUT2D eigenvalue weighted by molar-refractivity contribution is -0.111. The molecule has 0 saturated carbocycles. The largest absolute Gasteiger partial charge is 0.497 e. The van der Waals surface area contributed by atoms with Crippen LogP contribution in [0.2, 0.25) is 0 Å². The maximum Gasteiger partial charge on any atom is 0.250 e. The third kappa shape index (κ3) is 3.43. The highest BCUT2D eigenvalue weighted by Gasteiger charge is 1.99. The van der Waals surface area contributed by atoms with E-state index in [1.165, 1.54) is 17.4 Å². The summed E-state index contributed by atoms with van der Waals surface area (Å²) < 4.78 is 5.10. The first-order valence-electron chi connectivity index (χ1n) is 5.30. The third-order valence-electron chi connectivity index (χ3n) is 2.18. The van der Waals surface area contributed by atoms with Gasteiger partial charge >= 0.3 is 0 Å². The van der Waals surface area contributed by atoms with Crippen molar-refractivity contribution in [2.24, 2.45) is 0 Å². The summed E-state index contributed by atoms with van der Waals surface area (Å²) in [6.45, 7) is 0. The Bertz CT molecular complexity index is 550. The first-order valence-corrected chi connectivity index (χ1v) is 6.18. The molecule has 1 amide bonds. The van der Waals surface area contributed by atoms with Crippen LogP contribution in [0.3, 0.4) is 0 Å². The number of amides is 1. The zero-order valence-electron chi connectivity index (χ0n) is 9.79. The summed E-state index contributed by atoms with van der Waals surface area (Å²) >= 11 is 1.38. The van der Waals surface area contributed by atoms with Crippen molar-refractivity contribution in [3.05, 3.63) is 47.5 Å². The maximum atomic E-state index is 11.6. The number of ether oxygens (including phenoxy) is 1. The van der Waals surface area contributed by atoms with Gasteiger partial charge in [0.2, 0.25) is 5.91 Å². The molecule has 0 unspecified atom stereocenters. The molecule has 0 spiro atoms. The number of nitrogens with one attached hydrogen (secondary N) is 1. The number of rotatable bonds is 4. The number of nitrogens with zero attached hydrogens (tertiary/aromatic N) is 1. The van der Waals surface area contributed by atoms with Gasteiger partial charge in [0.1, 0.15) is 5.75 Å². The van der Waals surface area contributed by atoms with Crippen LogP contribution < -0.4 is 10.1 Å². The molecule has 0 aliphatic carbocycles. The minimum atomic E-state index is -0.201. The van der Waals surface area contributed by atoms with Gasteiger partial charge in [0.15, 0.2) is 5.13 Å². The zero-order valence-corrected chi connectivity index (χ0v) is 10.6. The van der Waals surface area contributed by atoms with E-state index >= 15 is 0 Å². The van der Waals surface area contributed by atoms with Crippen molar-refractivity contribution < 1.29 is 9.53 Å². The Morgan fingerprint density at radius 1 is 1.50 bits per heavy atom. The highest BCUT2D eigenvalue weighted by atomic mass is 32.1. The smallest absolute Gasteiger partial charge is 0.250 e. The molecule has 0 bridgehead atoms. The van der Waals surface area contributed by atoms with Gasteiger partial charge in [0, 0.05) is 17.7 Å². The number of hydrogen-bond acceptors (Lipinski definition) is 4. The summed E-state index contributed by atoms with van der Waals surface area (Å²) in [4.78, 5) is 15.5. The number of methoxy groups -OCH3 is 1. The highest BCUT2D eigenvalue weighted by molar-refractivity contribution is 7.13. The van der Waals surface area contributed by atoms with Gasteiger partial charge in [0.05, 0.1) is 7.11 Å². The minimum absolute atomic E-state index is 0.201. The molecule has 18 heavy (non-hydrogen) atoms. The van der Waals surface area contributed by atoms with Gasteiger partial charge in [-0.15, -0.1) is 11.3 Å². The normalized spacial score (nSPS) is 10.5. The third-order valence-corrected chi connectivity index (χ3v) is 2.87. The second-order valence-electron chi connectivity index (χ2n) is 3.44. The predicted octanol–water partition coefficient (Wildman–Crippen LogP) is 2.80. The molecule has 92 valence electrons. The van der Waals surface area contributed by atoms with E-state index < -0.39 is 0 Å². The molecule has 1 heterocycles. The van der Waals surface area contributed by atoms with Crippen LogP contribution in [-0.4, -0.2) is 18.0 Å². The van der Waals surface area contributed by atoms with Crippen molar-refractivity contribution in [1.82, 2.24) is 4.98 Å². The molecule has 2 aromatic rings. The molecule has 0 aliphatic rings. The number of carbonyl (C=O) groups excluding carboxylic acids is 1. The fourth-order valence-corrected chi connectivity index (χ4v) is 1.88. The maximum absolute atomic E-state index is 11.6. The first-order chi connectivity index (χ1) is 8.78. The van der Waals surface area contributed by atoms with Gasteiger partial charge in [0.25, 0.3) is 0 Å². The number of hydrogen-bond donors (Lipinski definition) is 1. The minimum Gasteiger partial charge on any atom is -0.497 e. The highest BCUT2D eigenvalue weighted by Crippen LogP contribution is 2.14. The van der Waals surface area contributed by atoms with E-state index in [9.17, 15) is 4.79 Å². The molecule has 1 aromatic carbocycles. The van der Waals surface area contributed by atoms with Gasteiger partial charge in [-0.05, 0) is 23.8 Å². The lowest BCUT2D eigenvalue weighted by atomic mass is 10.2. The van der Waals surface area contributed by atoms with Gasteiger partial charge in [-0.3, -0.25) is 10.1 Å². The van der Waals surface area contributed by atoms with Crippen LogP contribution in [-0.2, 0) is 4.79 Å². The number of benzene rings is 1. The van der Waals surface area contributed by atoms with E-state index in [-0.39, 0.29) is 5.91 Å². The molecule has 4 nitrogen and oxygen atoms in total. The number of aromatic nitrogens is 1. The van der Waals surface area contributed by atoms with Crippen LogP contribution in [0.1, 0.15) is 5.56 Å². The molecule has 1 aromatic heterocycles. The van der Waals surface area contributed by atoms with Gasteiger partial charge < -0.3 is 4.74 Å². The number of carbonyl (C=O) groups is 1. The van der Waals surface area contributed by atoms with Crippen LogP contribution >= 0.6 is 11.3 Å². The molecule has 0 fully saturated rings. The van der Waals surface area contributed by atoms with Crippen LogP contribution in [0.4, 0.5) is 5.13 Å². The van der Waals surface area contributed by atoms with Crippen LogP contribution in [0, 0.1) is 0 Å². The molecule has 1 N–H and O–H groups in total. The summed E-state index contributed by atoms with van der Waals surface area (Å²) in [6.07, 6.45) is 4.84. The van der Waals surface area contributed by atoms with Crippen LogP contribution in [0.5, 0.6) is 5.75 Å². The van der Waals surface area contributed by atoms with Crippen molar-refractivity contribution in [3.8, 4) is 5.75 Å². The Morgan fingerprint density at radius 2 is 2.39 bits per heavy atom. The summed E-state index contributed by atoms with van der Waals surface area (Å²) in [6, 6.07) is 7.48. The van der Waals surface area contributed by atoms with E-state index in [0.717, 1.165) is 11.3 Å². The zero-order chi connectivity index (χ0) is 12.8. The SMILES string of the molecule is COc1cccc(/C=C/C(=O)Nc2nccs2)c1. The monoisotopic (exact) mass is 260 g/mol. The fraction of sp³-hybridized carbons (Fsp3) is 0.0769. The molecule has 0 saturated heterocycles. The quantitative estimate of drug-likeness (QED) is 0.860. The second-order valence-corrected chi connectivity index (χ2v) is 4.33. The summed E-state index contributed by atoms with van der Waals surface area (Å²) in [7, 11) is 1.61. The molecule has 0 radical (unpaired) electrons. The average molecular weight is 260 g/mol. The lowest BCUT2D eigenvalue weighted by Crippen LogP contribution is -2.06. The summed E-state index contributed by atoms with van der Waals surface area (Å²) in [5.74, 6) is 0.560. The summed E-state index contributed by atoms with van der Waals surface area (Å²) in [5, 5.41) is 5.07. The first kappa shape index (κ1) is 12.3. The Kier molecular flexibility index (Phi) is 4.09. The predicted molar refractivity (Wildman–Crippen MR) is 72.8 cm³/mol. The lowest BCUT2D eigenvalue weighted by Gasteiger charge is -2.00. The molecular weight excluding hydrogens is 248 g/mol. The Labute approximate surface area is 109 Å². The van der Waals surface area contributed by atoms with Crippen LogP contribution in [0.25, 0.3) is 6.08 Å². The van der Waals surface area contributed by atoms with Crippen molar-refractivity contribution in [2.75, 3.05) is 12.4 Å². The molecule has 0 atom stereocenters. The number of anilines is 1. The molecule has 0 aliphatic heterocycles. The second kappa shape index (κ2) is 5.97. The van der Waals surface area contributed by atoms with E-state index in [4.69, 9.17) is 4.74 Å². The van der Waals surface area contributed by atoms with E-state index in [1.807, 2.05) is 24.3 Å². The van der Waals surface area contributed by atoms with Crippen molar-refractivity contribution in [1.29, 1.82) is 0 Å². The van der Waals surface area contributed by atoms with Crippen LogP contribution in [0.15, 0.2) is 41.9 Å². The van der Waals surface area contributed by atoms with Gasteiger partial charge in [-0.25, -0.2) is 4.98 Å². The van der Waals surface area contributed by atoms with Crippen molar-refractivity contribution in [2.45, 2.75) is 0 Å². The van der Waals surface area contributed by atoms with Gasteiger partial charge in [-0.1, -0.05) is 12.1 Å². The molecule has 2 rings (SSSR count). The van der Waals surface area contributed by atoms with Crippen molar-refractivity contribution >= 4 is 28.5 Å². The van der Waals surface area contributed by atoms with Gasteiger partial charge in [-0.2, -0.15) is 0 Å². The Balaban J connectivity index is 1.99. The molecule has 5 heteroatoms. The fourth-order valence-electron chi connectivity index (χ4n) is 1.35. The number of thiazole rings is 1.